The van der Waals surface area contributed by atoms with Gasteiger partial charge in [-0.2, -0.15) is 0 Å². The van der Waals surface area contributed by atoms with Crippen LogP contribution in [0.4, 0.5) is 0 Å². The number of carboxylic acids is 1. The number of para-hydroxylation sites is 1. The van der Waals surface area contributed by atoms with Crippen molar-refractivity contribution in [2.75, 3.05) is 13.1 Å². The van der Waals surface area contributed by atoms with Gasteiger partial charge in [-0.15, -0.1) is 0 Å². The van der Waals surface area contributed by atoms with Crippen molar-refractivity contribution in [3.63, 3.8) is 0 Å². The summed E-state index contributed by atoms with van der Waals surface area (Å²) in [5.41, 5.74) is 1.72. The summed E-state index contributed by atoms with van der Waals surface area (Å²) >= 11 is 0. The predicted molar refractivity (Wildman–Crippen MR) is 82.3 cm³/mol. The Balaban J connectivity index is 1.78. The highest BCUT2D eigenvalue weighted by molar-refractivity contribution is 5.88. The second-order valence-electron chi connectivity index (χ2n) is 5.89. The fourth-order valence-corrected chi connectivity index (χ4v) is 3.08. The van der Waals surface area contributed by atoms with E-state index in [1.165, 1.54) is 0 Å². The van der Waals surface area contributed by atoms with Crippen LogP contribution in [0.15, 0.2) is 36.5 Å². The van der Waals surface area contributed by atoms with Crippen LogP contribution in [0, 0.1) is 11.8 Å². The Labute approximate surface area is 128 Å². The van der Waals surface area contributed by atoms with Gasteiger partial charge >= 0.3 is 5.97 Å². The van der Waals surface area contributed by atoms with E-state index in [0.29, 0.717) is 13.1 Å². The molecule has 0 spiro atoms. The number of hydrogen-bond acceptors (Lipinski definition) is 3. The highest BCUT2D eigenvalue weighted by Crippen LogP contribution is 2.24. The predicted octanol–water partition coefficient (Wildman–Crippen LogP) is 1.96. The maximum Gasteiger partial charge on any atom is 0.308 e. The Bertz CT molecular complexity index is 723. The molecule has 3 rings (SSSR count). The van der Waals surface area contributed by atoms with E-state index in [4.69, 9.17) is 5.11 Å². The molecule has 2 heterocycles. The molecule has 5 heteroatoms. The molecule has 1 fully saturated rings. The van der Waals surface area contributed by atoms with Crippen LogP contribution in [0.25, 0.3) is 10.9 Å². The van der Waals surface area contributed by atoms with Crippen LogP contribution in [0.2, 0.25) is 0 Å². The molecule has 1 aromatic carbocycles. The Hall–Kier alpha value is -2.43. The van der Waals surface area contributed by atoms with Crippen molar-refractivity contribution in [1.29, 1.82) is 0 Å². The van der Waals surface area contributed by atoms with Gasteiger partial charge in [0.15, 0.2) is 0 Å². The van der Waals surface area contributed by atoms with Crippen LogP contribution in [0.5, 0.6) is 0 Å². The topological polar surface area (TPSA) is 70.5 Å². The fourth-order valence-electron chi connectivity index (χ4n) is 3.08. The number of benzene rings is 1. The van der Waals surface area contributed by atoms with Crippen LogP contribution >= 0.6 is 0 Å². The normalized spacial score (nSPS) is 21.2. The Morgan fingerprint density at radius 3 is 2.77 bits per heavy atom. The zero-order valence-electron chi connectivity index (χ0n) is 12.4. The van der Waals surface area contributed by atoms with Crippen LogP contribution < -0.4 is 0 Å². The highest BCUT2D eigenvalue weighted by Gasteiger charge is 2.36. The summed E-state index contributed by atoms with van der Waals surface area (Å²) in [7, 11) is 0. The molecule has 22 heavy (non-hydrogen) atoms. The number of aliphatic carboxylic acids is 1. The number of carboxylic acid groups (broad SMARTS) is 1. The smallest absolute Gasteiger partial charge is 0.308 e. The standard InChI is InChI=1S/C17H18N2O3/c1-11-9-19(10-14(11)17(21)22)15(20)8-13-5-2-4-12-6-3-7-18-16(12)13/h2-7,11,14H,8-10H2,1H3,(H,21,22)/t11-,14-/m1/s1. The van der Waals surface area contributed by atoms with Crippen molar-refractivity contribution in [2.45, 2.75) is 13.3 Å². The molecule has 0 unspecified atom stereocenters. The Morgan fingerprint density at radius 2 is 2.05 bits per heavy atom. The lowest BCUT2D eigenvalue weighted by Gasteiger charge is -2.16. The quantitative estimate of drug-likeness (QED) is 0.940. The van der Waals surface area contributed by atoms with E-state index in [-0.39, 0.29) is 18.2 Å². The van der Waals surface area contributed by atoms with Crippen molar-refractivity contribution in [2.24, 2.45) is 11.8 Å². The summed E-state index contributed by atoms with van der Waals surface area (Å²) in [5.74, 6) is -1.33. The number of carbonyl (C=O) groups excluding carboxylic acids is 1. The summed E-state index contributed by atoms with van der Waals surface area (Å²) in [4.78, 5) is 29.7. The average molecular weight is 298 g/mol. The highest BCUT2D eigenvalue weighted by atomic mass is 16.4. The van der Waals surface area contributed by atoms with Gasteiger partial charge in [0.1, 0.15) is 0 Å². The van der Waals surface area contributed by atoms with Gasteiger partial charge in [-0.1, -0.05) is 31.2 Å². The van der Waals surface area contributed by atoms with Crippen LogP contribution in [-0.2, 0) is 16.0 Å². The number of pyridine rings is 1. The largest absolute Gasteiger partial charge is 0.481 e. The van der Waals surface area contributed by atoms with Gasteiger partial charge in [0.25, 0.3) is 0 Å². The lowest BCUT2D eigenvalue weighted by atomic mass is 9.99. The first-order chi connectivity index (χ1) is 10.6. The molecule has 1 aromatic heterocycles. The number of amides is 1. The molecule has 1 aliphatic rings. The summed E-state index contributed by atoms with van der Waals surface area (Å²) in [6, 6.07) is 9.62. The molecule has 1 amide bonds. The first kappa shape index (κ1) is 14.5. The molecule has 1 aliphatic heterocycles. The first-order valence-corrected chi connectivity index (χ1v) is 7.39. The van der Waals surface area contributed by atoms with Gasteiger partial charge in [-0.05, 0) is 17.5 Å². The van der Waals surface area contributed by atoms with E-state index in [1.807, 2.05) is 37.3 Å². The maximum absolute atomic E-state index is 12.5. The van der Waals surface area contributed by atoms with Gasteiger partial charge in [0.2, 0.25) is 5.91 Å². The van der Waals surface area contributed by atoms with E-state index in [1.54, 1.807) is 11.1 Å². The Morgan fingerprint density at radius 1 is 1.27 bits per heavy atom. The number of rotatable bonds is 3. The third-order valence-corrected chi connectivity index (χ3v) is 4.34. The van der Waals surface area contributed by atoms with E-state index in [0.717, 1.165) is 16.5 Å². The molecule has 5 nitrogen and oxygen atoms in total. The van der Waals surface area contributed by atoms with Crippen molar-refractivity contribution in [3.8, 4) is 0 Å². The van der Waals surface area contributed by atoms with E-state index in [2.05, 4.69) is 4.98 Å². The number of fused-ring (bicyclic) bond motifs is 1. The lowest BCUT2D eigenvalue weighted by Crippen LogP contribution is -2.31. The molecular formula is C17H18N2O3. The number of hydrogen-bond donors (Lipinski definition) is 1. The molecule has 114 valence electrons. The Kier molecular flexibility index (Phi) is 3.79. The third-order valence-electron chi connectivity index (χ3n) is 4.34. The second-order valence-corrected chi connectivity index (χ2v) is 5.89. The summed E-state index contributed by atoms with van der Waals surface area (Å²) in [6.45, 7) is 2.69. The van der Waals surface area contributed by atoms with Crippen molar-refractivity contribution < 1.29 is 14.7 Å². The first-order valence-electron chi connectivity index (χ1n) is 7.39. The third kappa shape index (κ3) is 2.66. The molecule has 1 N–H and O–H groups in total. The summed E-state index contributed by atoms with van der Waals surface area (Å²) in [5, 5.41) is 10.2. The second kappa shape index (κ2) is 5.75. The average Bonchev–Trinajstić information content (AvgIpc) is 2.90. The molecule has 2 aromatic rings. The van der Waals surface area contributed by atoms with Gasteiger partial charge in [0.05, 0.1) is 17.9 Å². The van der Waals surface area contributed by atoms with Crippen molar-refractivity contribution in [3.05, 3.63) is 42.1 Å². The molecule has 2 atom stereocenters. The number of nitrogens with zero attached hydrogens (tertiary/aromatic N) is 2. The van der Waals surface area contributed by atoms with Gasteiger partial charge in [0, 0.05) is 24.7 Å². The van der Waals surface area contributed by atoms with Gasteiger partial charge < -0.3 is 10.0 Å². The monoisotopic (exact) mass is 298 g/mol. The minimum absolute atomic E-state index is 0.00732. The van der Waals surface area contributed by atoms with Crippen LogP contribution in [0.1, 0.15) is 12.5 Å². The minimum atomic E-state index is -0.824. The lowest BCUT2D eigenvalue weighted by molar-refractivity contribution is -0.142. The van der Waals surface area contributed by atoms with E-state index in [9.17, 15) is 9.59 Å². The number of aromatic nitrogens is 1. The molecule has 0 bridgehead atoms. The molecule has 0 aliphatic carbocycles. The number of likely N-dealkylation sites (tertiary alicyclic amines) is 1. The van der Waals surface area contributed by atoms with Crippen molar-refractivity contribution >= 4 is 22.8 Å². The number of carbonyl (C=O) groups is 2. The van der Waals surface area contributed by atoms with Gasteiger partial charge in [-0.25, -0.2) is 0 Å². The van der Waals surface area contributed by atoms with Crippen molar-refractivity contribution in [1.82, 2.24) is 9.88 Å². The maximum atomic E-state index is 12.5. The fraction of sp³-hybridized carbons (Fsp3) is 0.353. The van der Waals surface area contributed by atoms with Gasteiger partial charge in [-0.3, -0.25) is 14.6 Å². The molecule has 0 radical (unpaired) electrons. The van der Waals surface area contributed by atoms with E-state index < -0.39 is 11.9 Å². The zero-order valence-corrected chi connectivity index (χ0v) is 12.4. The summed E-state index contributed by atoms with van der Waals surface area (Å²) in [6.07, 6.45) is 1.97. The SMILES string of the molecule is C[C@@H]1CN(C(=O)Cc2cccc3cccnc23)C[C@H]1C(=O)O. The molecule has 1 saturated heterocycles. The molecular weight excluding hydrogens is 280 g/mol. The minimum Gasteiger partial charge on any atom is -0.481 e. The van der Waals surface area contributed by atoms with Crippen LogP contribution in [-0.4, -0.2) is 40.0 Å². The zero-order chi connectivity index (χ0) is 15.7. The van der Waals surface area contributed by atoms with E-state index >= 15 is 0 Å². The summed E-state index contributed by atoms with van der Waals surface area (Å²) < 4.78 is 0. The molecule has 0 saturated carbocycles. The van der Waals surface area contributed by atoms with Crippen LogP contribution in [0.3, 0.4) is 0 Å².